The first-order chi connectivity index (χ1) is 21.6. The van der Waals surface area contributed by atoms with E-state index in [1.54, 1.807) is 18.7 Å². The van der Waals surface area contributed by atoms with E-state index < -0.39 is 11.2 Å². The number of amides is 2. The summed E-state index contributed by atoms with van der Waals surface area (Å²) in [6.07, 6.45) is 3.10. The Bertz CT molecular complexity index is 1330. The Kier molecular flexibility index (Phi) is 11.8. The minimum Gasteiger partial charge on any atom is -0.490 e. The topological polar surface area (TPSA) is 91.8 Å². The molecule has 9 heteroatoms. The molecule has 46 heavy (non-hydrogen) atoms. The van der Waals surface area contributed by atoms with Crippen LogP contribution in [0.1, 0.15) is 83.9 Å². The van der Waals surface area contributed by atoms with Gasteiger partial charge in [-0.3, -0.25) is 9.69 Å². The van der Waals surface area contributed by atoms with Gasteiger partial charge in [0.1, 0.15) is 11.4 Å². The summed E-state index contributed by atoms with van der Waals surface area (Å²) in [5.41, 5.74) is 2.94. The molecule has 2 aliphatic rings. The summed E-state index contributed by atoms with van der Waals surface area (Å²) in [5, 5.41) is 9.86. The van der Waals surface area contributed by atoms with Gasteiger partial charge in [-0.05, 0) is 115 Å². The average Bonchev–Trinajstić information content (AvgIpc) is 2.96. The maximum absolute atomic E-state index is 13.5. The van der Waals surface area contributed by atoms with Crippen LogP contribution in [0.3, 0.4) is 0 Å². The second-order valence-corrected chi connectivity index (χ2v) is 14.8. The van der Waals surface area contributed by atoms with Gasteiger partial charge in [0.2, 0.25) is 5.91 Å². The molecule has 2 amide bonds. The Morgan fingerprint density at radius 1 is 1.00 bits per heavy atom. The van der Waals surface area contributed by atoms with Gasteiger partial charge in [0, 0.05) is 50.9 Å². The first-order valence-corrected chi connectivity index (χ1v) is 16.7. The van der Waals surface area contributed by atoms with Gasteiger partial charge in [-0.1, -0.05) is 18.2 Å². The van der Waals surface area contributed by atoms with Crippen molar-refractivity contribution in [3.8, 4) is 5.75 Å². The van der Waals surface area contributed by atoms with Gasteiger partial charge in [-0.15, -0.1) is 0 Å². The lowest BCUT2D eigenvalue weighted by Crippen LogP contribution is -2.54. The highest BCUT2D eigenvalue weighted by Gasteiger charge is 2.32. The summed E-state index contributed by atoms with van der Waals surface area (Å²) in [7, 11) is 1.88. The largest absolute Gasteiger partial charge is 0.490 e. The highest BCUT2D eigenvalue weighted by molar-refractivity contribution is 5.94. The first kappa shape index (κ1) is 35.7. The Balaban J connectivity index is 1.24. The highest BCUT2D eigenvalue weighted by atomic mass is 16.6. The smallest absolute Gasteiger partial charge is 0.410 e. The number of aryl methyl sites for hydroxylation is 1. The fourth-order valence-electron chi connectivity index (χ4n) is 6.22. The monoisotopic (exact) mass is 637 g/mol. The summed E-state index contributed by atoms with van der Waals surface area (Å²) in [5.74, 6) is 0.948. The molecular weight excluding hydrogens is 582 g/mol. The Morgan fingerprint density at radius 3 is 2.35 bits per heavy atom. The van der Waals surface area contributed by atoms with Crippen LogP contribution in [0.25, 0.3) is 0 Å². The van der Waals surface area contributed by atoms with E-state index in [2.05, 4.69) is 30.9 Å². The molecular formula is C37H55N3O6. The third-order valence-corrected chi connectivity index (χ3v) is 8.73. The Morgan fingerprint density at radius 2 is 1.72 bits per heavy atom. The van der Waals surface area contributed by atoms with Crippen molar-refractivity contribution in [2.24, 2.45) is 5.92 Å². The molecule has 0 unspecified atom stereocenters. The van der Waals surface area contributed by atoms with Gasteiger partial charge in [0.05, 0.1) is 24.9 Å². The minimum absolute atomic E-state index is 0.0193. The van der Waals surface area contributed by atoms with Crippen molar-refractivity contribution in [3.63, 3.8) is 0 Å². The maximum atomic E-state index is 13.5. The maximum Gasteiger partial charge on any atom is 0.410 e. The van der Waals surface area contributed by atoms with Gasteiger partial charge >= 0.3 is 6.09 Å². The number of benzene rings is 2. The zero-order chi connectivity index (χ0) is 33.6. The molecule has 254 valence electrons. The van der Waals surface area contributed by atoms with Crippen molar-refractivity contribution < 1.29 is 28.9 Å². The molecule has 2 aromatic rings. The van der Waals surface area contributed by atoms with E-state index in [9.17, 15) is 14.7 Å². The number of anilines is 1. The number of nitrogens with zero attached hydrogens (tertiary/aromatic N) is 3. The molecule has 9 nitrogen and oxygen atoms in total. The molecule has 0 aromatic heterocycles. The third-order valence-electron chi connectivity index (χ3n) is 8.73. The molecule has 1 N–H and O–H groups in total. The van der Waals surface area contributed by atoms with E-state index in [0.717, 1.165) is 67.9 Å². The predicted molar refractivity (Wildman–Crippen MR) is 181 cm³/mol. The molecule has 1 atom stereocenters. The van der Waals surface area contributed by atoms with E-state index >= 15 is 0 Å². The van der Waals surface area contributed by atoms with E-state index in [0.29, 0.717) is 13.2 Å². The van der Waals surface area contributed by atoms with E-state index in [1.165, 1.54) is 5.56 Å². The SMILES string of the molecule is Cc1cc(N(C)C(=O)C2CCC(Oc3cccc(COCC(C)(C)O)c3)CC2)ccc1CN1CCN(C(=O)OC(C)(C)C)[C@@H](C)C1. The van der Waals surface area contributed by atoms with Gasteiger partial charge in [0.25, 0.3) is 0 Å². The fraction of sp³-hybridized carbons (Fsp3) is 0.622. The van der Waals surface area contributed by atoms with Crippen molar-refractivity contribution >= 4 is 17.7 Å². The van der Waals surface area contributed by atoms with E-state index in [-0.39, 0.29) is 36.7 Å². The van der Waals surface area contributed by atoms with Crippen molar-refractivity contribution in [1.29, 1.82) is 0 Å². The molecule has 0 spiro atoms. The number of ether oxygens (including phenoxy) is 3. The Labute approximate surface area is 275 Å². The molecule has 1 heterocycles. The van der Waals surface area contributed by atoms with Gasteiger partial charge in [0.15, 0.2) is 0 Å². The number of hydrogen-bond donors (Lipinski definition) is 1. The van der Waals surface area contributed by atoms with Crippen LogP contribution in [0.4, 0.5) is 10.5 Å². The van der Waals surface area contributed by atoms with Crippen LogP contribution in [-0.4, -0.2) is 83.5 Å². The third kappa shape index (κ3) is 10.4. The second kappa shape index (κ2) is 15.2. The molecule has 1 saturated carbocycles. The molecule has 0 radical (unpaired) electrons. The van der Waals surface area contributed by atoms with Crippen molar-refractivity contribution in [2.75, 3.05) is 38.2 Å². The van der Waals surface area contributed by atoms with E-state index in [1.807, 2.05) is 63.1 Å². The summed E-state index contributed by atoms with van der Waals surface area (Å²) in [4.78, 5) is 32.1. The number of hydrogen-bond acceptors (Lipinski definition) is 7. The number of carbonyl (C=O) groups excluding carboxylic acids is 2. The van der Waals surface area contributed by atoms with Crippen LogP contribution >= 0.6 is 0 Å². The van der Waals surface area contributed by atoms with Crippen LogP contribution < -0.4 is 9.64 Å². The van der Waals surface area contributed by atoms with Crippen LogP contribution in [0.5, 0.6) is 5.75 Å². The number of carbonyl (C=O) groups is 2. The lowest BCUT2D eigenvalue weighted by atomic mass is 9.86. The molecule has 1 saturated heterocycles. The summed E-state index contributed by atoms with van der Waals surface area (Å²) in [6.45, 7) is 17.0. The summed E-state index contributed by atoms with van der Waals surface area (Å²) < 4.78 is 17.5. The van der Waals surface area contributed by atoms with Gasteiger partial charge < -0.3 is 29.1 Å². The quantitative estimate of drug-likeness (QED) is 0.326. The first-order valence-electron chi connectivity index (χ1n) is 16.7. The van der Waals surface area contributed by atoms with Crippen molar-refractivity contribution in [1.82, 2.24) is 9.80 Å². The summed E-state index contributed by atoms with van der Waals surface area (Å²) in [6, 6.07) is 14.3. The molecule has 1 aliphatic carbocycles. The lowest BCUT2D eigenvalue weighted by molar-refractivity contribution is -0.123. The van der Waals surface area contributed by atoms with Crippen LogP contribution in [0.15, 0.2) is 42.5 Å². The molecule has 2 fully saturated rings. The van der Waals surface area contributed by atoms with Gasteiger partial charge in [-0.25, -0.2) is 4.79 Å². The van der Waals surface area contributed by atoms with Crippen LogP contribution in [-0.2, 0) is 27.4 Å². The van der Waals surface area contributed by atoms with E-state index in [4.69, 9.17) is 14.2 Å². The van der Waals surface area contributed by atoms with Crippen molar-refractivity contribution in [2.45, 2.75) is 111 Å². The number of aliphatic hydroxyl groups is 1. The Hall–Kier alpha value is -3.14. The van der Waals surface area contributed by atoms with Crippen molar-refractivity contribution in [3.05, 3.63) is 59.2 Å². The molecule has 4 rings (SSSR count). The molecule has 2 aromatic carbocycles. The number of piperazine rings is 1. The zero-order valence-electron chi connectivity index (χ0n) is 29.2. The highest BCUT2D eigenvalue weighted by Crippen LogP contribution is 2.31. The van der Waals surface area contributed by atoms with Crippen LogP contribution in [0, 0.1) is 12.8 Å². The number of rotatable bonds is 10. The normalized spacial score (nSPS) is 21.2. The second-order valence-electron chi connectivity index (χ2n) is 14.8. The minimum atomic E-state index is -0.859. The zero-order valence-corrected chi connectivity index (χ0v) is 29.2. The predicted octanol–water partition coefficient (Wildman–Crippen LogP) is 6.32. The molecule has 0 bridgehead atoms. The standard InChI is InChI=1S/C37H55N3O6/c1-26-20-31(15-12-30(26)23-39-18-19-40(27(2)22-39)35(42)46-36(3,4)5)38(8)34(41)29-13-16-32(17-14-29)45-33-11-9-10-28(21-33)24-44-25-37(6,7)43/h9-12,15,20-21,27,29,32,43H,13-14,16-19,22-25H2,1-8H3/t27-,29?,32?/m0/s1. The van der Waals surface area contributed by atoms with Crippen LogP contribution in [0.2, 0.25) is 0 Å². The average molecular weight is 638 g/mol. The molecule has 1 aliphatic heterocycles. The summed E-state index contributed by atoms with van der Waals surface area (Å²) >= 11 is 0. The van der Waals surface area contributed by atoms with Gasteiger partial charge in [-0.2, -0.15) is 0 Å². The lowest BCUT2D eigenvalue weighted by Gasteiger charge is -2.40. The fourth-order valence-corrected chi connectivity index (χ4v) is 6.22.